The second kappa shape index (κ2) is 5.96. The van der Waals surface area contributed by atoms with Crippen LogP contribution in [0.4, 0.5) is 0 Å². The average Bonchev–Trinajstić information content (AvgIpc) is 2.82. The molecule has 0 amide bonds. The first-order valence-corrected chi connectivity index (χ1v) is 7.19. The van der Waals surface area contributed by atoms with Crippen LogP contribution < -0.4 is 5.32 Å². The van der Waals surface area contributed by atoms with E-state index in [2.05, 4.69) is 39.5 Å². The number of tetrazole rings is 1. The van der Waals surface area contributed by atoms with E-state index < -0.39 is 0 Å². The Kier molecular flexibility index (Phi) is 4.52. The lowest BCUT2D eigenvalue weighted by atomic mass is 9.88. The van der Waals surface area contributed by atoms with Crippen molar-refractivity contribution in [3.8, 4) is 0 Å². The third kappa shape index (κ3) is 3.30. The second-order valence-electron chi connectivity index (χ2n) is 5.94. The van der Waals surface area contributed by atoms with Crippen LogP contribution in [0.2, 0.25) is 0 Å². The highest BCUT2D eigenvalue weighted by atomic mass is 15.6. The molecule has 108 valence electrons. The van der Waals surface area contributed by atoms with Crippen molar-refractivity contribution in [1.82, 2.24) is 30.4 Å². The molecule has 0 saturated carbocycles. The molecule has 1 aromatic rings. The quantitative estimate of drug-likeness (QED) is 0.846. The van der Waals surface area contributed by atoms with Gasteiger partial charge >= 0.3 is 0 Å². The summed E-state index contributed by atoms with van der Waals surface area (Å²) >= 11 is 0. The molecule has 1 atom stereocenters. The maximum absolute atomic E-state index is 4.29. The Hall–Kier alpha value is -1.01. The zero-order chi connectivity index (χ0) is 13.9. The lowest BCUT2D eigenvalue weighted by molar-refractivity contribution is 0.0629. The summed E-state index contributed by atoms with van der Waals surface area (Å²) in [5, 5.41) is 15.7. The Balaban J connectivity index is 2.06. The van der Waals surface area contributed by atoms with Gasteiger partial charge in [-0.3, -0.25) is 4.90 Å². The van der Waals surface area contributed by atoms with E-state index in [-0.39, 0.29) is 5.54 Å². The topological polar surface area (TPSA) is 58.9 Å². The van der Waals surface area contributed by atoms with Gasteiger partial charge in [0.2, 0.25) is 0 Å². The highest BCUT2D eigenvalue weighted by molar-refractivity contribution is 4.98. The highest BCUT2D eigenvalue weighted by Gasteiger charge is 2.35. The number of piperidine rings is 1. The maximum Gasteiger partial charge on any atom is 0.176 e. The zero-order valence-electron chi connectivity index (χ0n) is 12.6. The smallest absolute Gasteiger partial charge is 0.176 e. The molecule has 1 aliphatic rings. The van der Waals surface area contributed by atoms with E-state index in [1.807, 2.05) is 7.05 Å². The summed E-state index contributed by atoms with van der Waals surface area (Å²) in [7, 11) is 3.83. The fraction of sp³-hybridized carbons (Fsp3) is 0.923. The molecule has 19 heavy (non-hydrogen) atoms. The molecule has 6 heteroatoms. The summed E-state index contributed by atoms with van der Waals surface area (Å²) < 4.78 is 0. The molecule has 0 aromatic carbocycles. The Morgan fingerprint density at radius 3 is 2.47 bits per heavy atom. The van der Waals surface area contributed by atoms with Gasteiger partial charge in [-0.05, 0) is 52.0 Å². The minimum absolute atomic E-state index is 0.106. The molecule has 2 rings (SSSR count). The number of aryl methyl sites for hydroxylation is 1. The molecule has 0 aliphatic carbocycles. The zero-order valence-corrected chi connectivity index (χ0v) is 12.6. The SMILES string of the molecule is CNC(Cc1nnn(C)n1)C(C)(C)N1CCCCC1. The van der Waals surface area contributed by atoms with Crippen LogP contribution in [0, 0.1) is 0 Å². The molecule has 0 bridgehead atoms. The number of rotatable bonds is 5. The fourth-order valence-electron chi connectivity index (χ4n) is 2.98. The number of hydrogen-bond acceptors (Lipinski definition) is 5. The number of nitrogens with one attached hydrogen (secondary N) is 1. The predicted molar refractivity (Wildman–Crippen MR) is 74.9 cm³/mol. The van der Waals surface area contributed by atoms with Gasteiger partial charge in [-0.25, -0.2) is 0 Å². The first-order chi connectivity index (χ1) is 9.04. The van der Waals surface area contributed by atoms with E-state index in [1.165, 1.54) is 37.1 Å². The largest absolute Gasteiger partial charge is 0.315 e. The second-order valence-corrected chi connectivity index (χ2v) is 5.94. The molecule has 1 aromatic heterocycles. The van der Waals surface area contributed by atoms with Crippen molar-refractivity contribution in [2.24, 2.45) is 7.05 Å². The van der Waals surface area contributed by atoms with Crippen LogP contribution in [0.1, 0.15) is 38.9 Å². The Bertz CT molecular complexity index is 394. The van der Waals surface area contributed by atoms with Crippen LogP contribution in [0.25, 0.3) is 0 Å². The lowest BCUT2D eigenvalue weighted by Gasteiger charge is -2.45. The molecule has 2 heterocycles. The summed E-state index contributed by atoms with van der Waals surface area (Å²) in [6, 6.07) is 0.329. The first-order valence-electron chi connectivity index (χ1n) is 7.19. The minimum Gasteiger partial charge on any atom is -0.315 e. The summed E-state index contributed by atoms with van der Waals surface area (Å²) in [6.07, 6.45) is 4.79. The normalized spacial score (nSPS) is 19.6. The Morgan fingerprint density at radius 2 is 1.95 bits per heavy atom. The molecule has 0 spiro atoms. The monoisotopic (exact) mass is 266 g/mol. The summed E-state index contributed by atoms with van der Waals surface area (Å²) in [4.78, 5) is 4.12. The Labute approximate surface area is 115 Å². The third-order valence-electron chi connectivity index (χ3n) is 4.31. The van der Waals surface area contributed by atoms with E-state index in [1.54, 1.807) is 7.05 Å². The number of nitrogens with zero attached hydrogens (tertiary/aromatic N) is 5. The molecule has 1 aliphatic heterocycles. The van der Waals surface area contributed by atoms with Gasteiger partial charge in [-0.2, -0.15) is 4.80 Å². The van der Waals surface area contributed by atoms with E-state index in [9.17, 15) is 0 Å². The molecule has 0 radical (unpaired) electrons. The van der Waals surface area contributed by atoms with Gasteiger partial charge in [-0.1, -0.05) is 6.42 Å². The van der Waals surface area contributed by atoms with Crippen molar-refractivity contribution in [3.63, 3.8) is 0 Å². The molecular formula is C13H26N6. The molecule has 1 fully saturated rings. The maximum atomic E-state index is 4.29. The van der Waals surface area contributed by atoms with E-state index >= 15 is 0 Å². The van der Waals surface area contributed by atoms with Crippen LogP contribution >= 0.6 is 0 Å². The van der Waals surface area contributed by atoms with Crippen molar-refractivity contribution < 1.29 is 0 Å². The standard InChI is InChI=1S/C13H26N6/c1-13(2,19-8-6-5-7-9-19)11(14-3)10-12-15-17-18(4)16-12/h11,14H,5-10H2,1-4H3. The lowest BCUT2D eigenvalue weighted by Crippen LogP contribution is -2.59. The van der Waals surface area contributed by atoms with Gasteiger partial charge in [0.05, 0.1) is 7.05 Å². The Morgan fingerprint density at radius 1 is 1.26 bits per heavy atom. The van der Waals surface area contributed by atoms with E-state index in [0.717, 1.165) is 12.2 Å². The minimum atomic E-state index is 0.106. The van der Waals surface area contributed by atoms with Gasteiger partial charge in [0.1, 0.15) is 0 Å². The number of aromatic nitrogens is 4. The van der Waals surface area contributed by atoms with Crippen molar-refractivity contribution in [2.75, 3.05) is 20.1 Å². The van der Waals surface area contributed by atoms with Gasteiger partial charge < -0.3 is 5.32 Å². The molecule has 1 saturated heterocycles. The van der Waals surface area contributed by atoms with Gasteiger partial charge in [0.25, 0.3) is 0 Å². The van der Waals surface area contributed by atoms with Crippen LogP contribution in [-0.4, -0.2) is 56.8 Å². The molecule has 1 unspecified atom stereocenters. The van der Waals surface area contributed by atoms with E-state index in [0.29, 0.717) is 6.04 Å². The van der Waals surface area contributed by atoms with Crippen molar-refractivity contribution in [1.29, 1.82) is 0 Å². The van der Waals surface area contributed by atoms with Crippen molar-refractivity contribution >= 4 is 0 Å². The number of likely N-dealkylation sites (tertiary alicyclic amines) is 1. The van der Waals surface area contributed by atoms with Gasteiger partial charge in [-0.15, -0.1) is 10.2 Å². The van der Waals surface area contributed by atoms with Crippen LogP contribution in [-0.2, 0) is 13.5 Å². The average molecular weight is 266 g/mol. The van der Waals surface area contributed by atoms with Crippen LogP contribution in [0.15, 0.2) is 0 Å². The van der Waals surface area contributed by atoms with Crippen LogP contribution in [0.5, 0.6) is 0 Å². The molecule has 1 N–H and O–H groups in total. The van der Waals surface area contributed by atoms with Crippen molar-refractivity contribution in [3.05, 3.63) is 5.82 Å². The van der Waals surface area contributed by atoms with Crippen LogP contribution in [0.3, 0.4) is 0 Å². The summed E-state index contributed by atoms with van der Waals surface area (Å²) in [5.74, 6) is 0.812. The predicted octanol–water partition coefficient (Wildman–Crippen LogP) is 0.605. The molecular weight excluding hydrogens is 240 g/mol. The third-order valence-corrected chi connectivity index (χ3v) is 4.31. The summed E-state index contributed by atoms with van der Waals surface area (Å²) in [6.45, 7) is 7.02. The fourth-order valence-corrected chi connectivity index (χ4v) is 2.98. The molecule has 6 nitrogen and oxygen atoms in total. The number of hydrogen-bond donors (Lipinski definition) is 1. The number of likely N-dealkylation sites (N-methyl/N-ethyl adjacent to an activating group) is 1. The highest BCUT2D eigenvalue weighted by Crippen LogP contribution is 2.25. The van der Waals surface area contributed by atoms with Gasteiger partial charge in [0.15, 0.2) is 5.82 Å². The van der Waals surface area contributed by atoms with Gasteiger partial charge in [0, 0.05) is 18.0 Å². The van der Waals surface area contributed by atoms with Crippen molar-refractivity contribution in [2.45, 2.75) is 51.1 Å². The first kappa shape index (κ1) is 14.4. The summed E-state index contributed by atoms with van der Waals surface area (Å²) in [5.41, 5.74) is 0.106. The van der Waals surface area contributed by atoms with E-state index in [4.69, 9.17) is 0 Å².